The van der Waals surface area contributed by atoms with Crippen LogP contribution in [0.3, 0.4) is 0 Å². The maximum atomic E-state index is 5.77. The molecule has 0 fully saturated rings. The Balaban J connectivity index is 1.66. The van der Waals surface area contributed by atoms with Crippen LogP contribution in [0.5, 0.6) is 11.5 Å². The molecule has 0 N–H and O–H groups in total. The number of ether oxygens (including phenoxy) is 2. The van der Waals surface area contributed by atoms with Crippen LogP contribution in [-0.4, -0.2) is 25.7 Å². The number of hydrogen-bond acceptors (Lipinski definition) is 2. The number of benzene rings is 3. The summed E-state index contributed by atoms with van der Waals surface area (Å²) in [5.74, 6) is 1.88. The molecule has 0 saturated heterocycles. The van der Waals surface area contributed by atoms with Gasteiger partial charge in [-0.05, 0) is 65.9 Å². The predicted molar refractivity (Wildman–Crippen MR) is 155 cm³/mol. The van der Waals surface area contributed by atoms with E-state index in [1.54, 1.807) is 0 Å². The Hall–Kier alpha value is -2.91. The van der Waals surface area contributed by atoms with Gasteiger partial charge in [0.05, 0.1) is 13.2 Å². The first kappa shape index (κ1) is 26.7. The highest BCUT2D eigenvalue weighted by atomic mass is 32.2. The molecule has 0 radical (unpaired) electrons. The van der Waals surface area contributed by atoms with Crippen molar-refractivity contribution < 1.29 is 9.47 Å². The second-order valence-electron chi connectivity index (χ2n) is 8.82. The van der Waals surface area contributed by atoms with Crippen molar-refractivity contribution in [3.63, 3.8) is 0 Å². The lowest BCUT2D eigenvalue weighted by molar-refractivity contribution is 0.309. The highest BCUT2D eigenvalue weighted by molar-refractivity contribution is 7.95. The quantitative estimate of drug-likeness (QED) is 0.136. The molecule has 2 nitrogen and oxygen atoms in total. The van der Waals surface area contributed by atoms with Crippen LogP contribution in [0.2, 0.25) is 0 Å². The van der Waals surface area contributed by atoms with E-state index in [-0.39, 0.29) is 10.9 Å². The summed E-state index contributed by atoms with van der Waals surface area (Å²) in [7, 11) is 0.156. The van der Waals surface area contributed by atoms with Crippen LogP contribution in [0.25, 0.3) is 24.3 Å². The van der Waals surface area contributed by atoms with Crippen molar-refractivity contribution >= 4 is 35.2 Å². The Bertz CT molecular complexity index is 1080. The lowest BCUT2D eigenvalue weighted by Gasteiger charge is -2.06. The second-order valence-corrected chi connectivity index (χ2v) is 10.9. The Morgan fingerprint density at radius 3 is 1.54 bits per heavy atom. The fourth-order valence-electron chi connectivity index (χ4n) is 3.54. The van der Waals surface area contributed by atoms with Crippen molar-refractivity contribution in [2.45, 2.75) is 44.4 Å². The van der Waals surface area contributed by atoms with Gasteiger partial charge in [-0.3, -0.25) is 0 Å². The third-order valence-corrected chi connectivity index (χ3v) is 6.93. The highest BCUT2D eigenvalue weighted by Gasteiger charge is 2.13. The van der Waals surface area contributed by atoms with Gasteiger partial charge in [-0.25, -0.2) is 0 Å². The third-order valence-electron chi connectivity index (χ3n) is 5.69. The van der Waals surface area contributed by atoms with E-state index in [0.29, 0.717) is 0 Å². The Morgan fingerprint density at radius 1 is 0.600 bits per heavy atom. The molecule has 0 heterocycles. The smallest absolute Gasteiger partial charge is 0.162 e. The molecule has 184 valence electrons. The zero-order valence-corrected chi connectivity index (χ0v) is 22.4. The van der Waals surface area contributed by atoms with E-state index in [2.05, 4.69) is 105 Å². The second kappa shape index (κ2) is 14.5. The summed E-state index contributed by atoms with van der Waals surface area (Å²) >= 11 is 0. The normalized spacial score (nSPS) is 11.6. The van der Waals surface area contributed by atoms with Gasteiger partial charge in [-0.15, -0.1) is 0 Å². The standard InChI is InChI=1S/C32H39O2S/c1-5-7-23-33-30-19-13-26(14-20-30)9-10-28-12-18-29(32(25-28)35(3)4)17-11-27-15-21-31(22-16-27)34-24-8-6-2/h9-22,25H,5-8,23-24H2,1-4H3/q+1/b10-9+,17-11+. The molecule has 35 heavy (non-hydrogen) atoms. The van der Waals surface area contributed by atoms with Crippen LogP contribution in [0.4, 0.5) is 0 Å². The third kappa shape index (κ3) is 8.99. The lowest BCUT2D eigenvalue weighted by Crippen LogP contribution is -1.99. The van der Waals surface area contributed by atoms with Crippen LogP contribution in [-0.2, 0) is 10.9 Å². The molecule has 0 atom stereocenters. The van der Waals surface area contributed by atoms with Crippen molar-refractivity contribution in [3.8, 4) is 11.5 Å². The SMILES string of the molecule is CCCCOc1ccc(/C=C/c2ccc(/C=C/c3ccc(OCCCC)cc3)c([S+](C)C)c2)cc1. The van der Waals surface area contributed by atoms with Crippen LogP contribution in [0.1, 0.15) is 61.8 Å². The minimum absolute atomic E-state index is 0.156. The molecule has 0 aliphatic rings. The molecule has 0 aliphatic heterocycles. The van der Waals surface area contributed by atoms with Gasteiger partial charge < -0.3 is 9.47 Å². The maximum Gasteiger partial charge on any atom is 0.162 e. The summed E-state index contributed by atoms with van der Waals surface area (Å²) in [4.78, 5) is 1.38. The molecule has 0 amide bonds. The van der Waals surface area contributed by atoms with Crippen molar-refractivity contribution in [2.75, 3.05) is 25.7 Å². The molecule has 0 saturated carbocycles. The molecule has 0 spiro atoms. The Morgan fingerprint density at radius 2 is 1.06 bits per heavy atom. The van der Waals surface area contributed by atoms with Crippen LogP contribution < -0.4 is 9.47 Å². The molecule has 0 unspecified atom stereocenters. The average molecular weight is 488 g/mol. The molecular weight excluding hydrogens is 448 g/mol. The molecule has 0 aliphatic carbocycles. The van der Waals surface area contributed by atoms with E-state index < -0.39 is 0 Å². The van der Waals surface area contributed by atoms with Crippen LogP contribution >= 0.6 is 0 Å². The summed E-state index contributed by atoms with van der Waals surface area (Å²) in [6.07, 6.45) is 17.8. The van der Waals surface area contributed by atoms with Gasteiger partial charge in [0.15, 0.2) is 4.90 Å². The minimum Gasteiger partial charge on any atom is -0.494 e. The zero-order chi connectivity index (χ0) is 24.9. The van der Waals surface area contributed by atoms with Crippen molar-refractivity contribution in [1.29, 1.82) is 0 Å². The van der Waals surface area contributed by atoms with E-state index in [1.807, 2.05) is 12.1 Å². The summed E-state index contributed by atoms with van der Waals surface area (Å²) in [5, 5.41) is 0. The van der Waals surface area contributed by atoms with Gasteiger partial charge in [0.2, 0.25) is 0 Å². The Kier molecular flexibility index (Phi) is 11.0. The number of rotatable bonds is 13. The van der Waals surface area contributed by atoms with Crippen molar-refractivity contribution in [2.24, 2.45) is 0 Å². The molecular formula is C32H39O2S+. The first-order valence-corrected chi connectivity index (χ1v) is 14.7. The molecule has 3 rings (SSSR count). The lowest BCUT2D eigenvalue weighted by atomic mass is 10.1. The highest BCUT2D eigenvalue weighted by Crippen LogP contribution is 2.23. The maximum absolute atomic E-state index is 5.77. The molecule has 0 bridgehead atoms. The topological polar surface area (TPSA) is 18.5 Å². The van der Waals surface area contributed by atoms with Crippen LogP contribution in [0.15, 0.2) is 71.6 Å². The van der Waals surface area contributed by atoms with Gasteiger partial charge in [-0.1, -0.05) is 75.2 Å². The van der Waals surface area contributed by atoms with E-state index in [0.717, 1.165) is 50.4 Å². The summed E-state index contributed by atoms with van der Waals surface area (Å²) in [6, 6.07) is 23.4. The largest absolute Gasteiger partial charge is 0.494 e. The predicted octanol–water partition coefficient (Wildman–Crippen LogP) is 8.62. The number of hydrogen-bond donors (Lipinski definition) is 0. The summed E-state index contributed by atoms with van der Waals surface area (Å²) in [5.41, 5.74) is 4.84. The van der Waals surface area contributed by atoms with Gasteiger partial charge in [0, 0.05) is 22.5 Å². The number of unbranched alkanes of at least 4 members (excludes halogenated alkanes) is 2. The summed E-state index contributed by atoms with van der Waals surface area (Å²) in [6.45, 7) is 5.92. The van der Waals surface area contributed by atoms with E-state index in [4.69, 9.17) is 9.47 Å². The fourth-order valence-corrected chi connectivity index (χ4v) is 4.52. The zero-order valence-electron chi connectivity index (χ0n) is 21.6. The van der Waals surface area contributed by atoms with Crippen LogP contribution in [0, 0.1) is 0 Å². The Labute approximate surface area is 215 Å². The van der Waals surface area contributed by atoms with E-state index in [9.17, 15) is 0 Å². The molecule has 0 aromatic heterocycles. The van der Waals surface area contributed by atoms with Gasteiger partial charge >= 0.3 is 0 Å². The van der Waals surface area contributed by atoms with Gasteiger partial charge in [0.25, 0.3) is 0 Å². The van der Waals surface area contributed by atoms with Gasteiger partial charge in [-0.2, -0.15) is 0 Å². The molecule has 3 aromatic rings. The van der Waals surface area contributed by atoms with Gasteiger partial charge in [0.1, 0.15) is 24.0 Å². The monoisotopic (exact) mass is 487 g/mol. The first-order valence-electron chi connectivity index (χ1n) is 12.6. The van der Waals surface area contributed by atoms with Crippen molar-refractivity contribution in [1.82, 2.24) is 0 Å². The summed E-state index contributed by atoms with van der Waals surface area (Å²) < 4.78 is 11.5. The first-order chi connectivity index (χ1) is 17.1. The van der Waals surface area contributed by atoms with Crippen molar-refractivity contribution in [3.05, 3.63) is 89.0 Å². The molecule has 3 heteroatoms. The minimum atomic E-state index is 0.156. The van der Waals surface area contributed by atoms with E-state index >= 15 is 0 Å². The average Bonchev–Trinajstić information content (AvgIpc) is 2.88. The molecule has 3 aromatic carbocycles. The fraction of sp³-hybridized carbons (Fsp3) is 0.312. The van der Waals surface area contributed by atoms with E-state index in [1.165, 1.54) is 27.1 Å².